The van der Waals surface area contributed by atoms with Gasteiger partial charge in [0.2, 0.25) is 5.95 Å². The van der Waals surface area contributed by atoms with Crippen molar-refractivity contribution in [1.29, 1.82) is 0 Å². The molecule has 1 heterocycles. The molecule has 5 heteroatoms. The maximum absolute atomic E-state index is 10.6. The molecule has 1 aromatic heterocycles. The normalized spacial score (nSPS) is 10.9. The number of para-hydroxylation sites is 1. The van der Waals surface area contributed by atoms with E-state index in [0.717, 1.165) is 28.2 Å². The van der Waals surface area contributed by atoms with Crippen LogP contribution in [0.15, 0.2) is 60.8 Å². The predicted molar refractivity (Wildman–Crippen MR) is 85.9 cm³/mol. The Morgan fingerprint density at radius 3 is 2.86 bits per heavy atom. The third kappa shape index (κ3) is 3.27. The van der Waals surface area contributed by atoms with Gasteiger partial charge in [-0.3, -0.25) is 0 Å². The fourth-order valence-electron chi connectivity index (χ4n) is 2.05. The number of carbonyl (C=O) groups is 1. The number of nitrogens with one attached hydrogen (secondary N) is 1. The van der Waals surface area contributed by atoms with Gasteiger partial charge in [-0.2, -0.15) is 0 Å². The first kappa shape index (κ1) is 13.8. The zero-order valence-corrected chi connectivity index (χ0v) is 11.6. The molecule has 0 radical (unpaired) electrons. The van der Waals surface area contributed by atoms with E-state index in [4.69, 9.17) is 5.11 Å². The van der Waals surface area contributed by atoms with E-state index in [1.54, 1.807) is 6.20 Å². The summed E-state index contributed by atoms with van der Waals surface area (Å²) in [6.45, 7) is 0. The highest BCUT2D eigenvalue weighted by molar-refractivity contribution is 5.85. The molecule has 0 amide bonds. The molecule has 0 fully saturated rings. The van der Waals surface area contributed by atoms with Crippen molar-refractivity contribution < 1.29 is 9.90 Å². The molecule has 5 nitrogen and oxygen atoms in total. The maximum atomic E-state index is 10.6. The van der Waals surface area contributed by atoms with Gasteiger partial charge in [0.25, 0.3) is 0 Å². The number of fused-ring (bicyclic) bond motifs is 1. The van der Waals surface area contributed by atoms with E-state index in [9.17, 15) is 4.79 Å². The number of hydrogen-bond acceptors (Lipinski definition) is 4. The largest absolute Gasteiger partial charge is 0.478 e. The lowest BCUT2D eigenvalue weighted by molar-refractivity contribution is -0.131. The van der Waals surface area contributed by atoms with Crippen LogP contribution in [0, 0.1) is 0 Å². The number of nitrogens with zero attached hydrogens (tertiary/aromatic N) is 2. The highest BCUT2D eigenvalue weighted by Crippen LogP contribution is 2.18. The minimum Gasteiger partial charge on any atom is -0.478 e. The Balaban J connectivity index is 1.85. The van der Waals surface area contributed by atoms with Crippen LogP contribution < -0.4 is 5.32 Å². The Morgan fingerprint density at radius 2 is 2.00 bits per heavy atom. The molecule has 2 aromatic carbocycles. The Labute approximate surface area is 127 Å². The van der Waals surface area contributed by atoms with Crippen LogP contribution in [0.1, 0.15) is 5.56 Å². The van der Waals surface area contributed by atoms with Gasteiger partial charge >= 0.3 is 5.97 Å². The Hall–Kier alpha value is -3.21. The smallest absolute Gasteiger partial charge is 0.328 e. The minimum absolute atomic E-state index is 0.498. The summed E-state index contributed by atoms with van der Waals surface area (Å²) in [6, 6.07) is 15.1. The first-order valence-corrected chi connectivity index (χ1v) is 6.70. The molecule has 0 unspecified atom stereocenters. The average Bonchev–Trinajstić information content (AvgIpc) is 2.53. The van der Waals surface area contributed by atoms with Crippen LogP contribution in [-0.4, -0.2) is 21.0 Å². The van der Waals surface area contributed by atoms with Crippen molar-refractivity contribution >= 4 is 34.6 Å². The van der Waals surface area contributed by atoms with Gasteiger partial charge in [0.15, 0.2) is 0 Å². The van der Waals surface area contributed by atoms with Gasteiger partial charge in [0.05, 0.1) is 5.52 Å². The Morgan fingerprint density at radius 1 is 1.14 bits per heavy atom. The van der Waals surface area contributed by atoms with E-state index in [0.29, 0.717) is 5.95 Å². The van der Waals surface area contributed by atoms with Crippen molar-refractivity contribution in [3.8, 4) is 0 Å². The van der Waals surface area contributed by atoms with Crippen molar-refractivity contribution in [2.24, 2.45) is 0 Å². The SMILES string of the molecule is O=C(O)/C=C/c1cccc(Nc2ncc3ccccc3n2)c1. The molecular formula is C17H13N3O2. The quantitative estimate of drug-likeness (QED) is 0.720. The number of benzene rings is 2. The Kier molecular flexibility index (Phi) is 3.78. The lowest BCUT2D eigenvalue weighted by atomic mass is 10.2. The average molecular weight is 291 g/mol. The van der Waals surface area contributed by atoms with Crippen molar-refractivity contribution in [3.63, 3.8) is 0 Å². The van der Waals surface area contributed by atoms with Crippen LogP contribution in [0.3, 0.4) is 0 Å². The Bertz CT molecular complexity index is 859. The number of aliphatic carboxylic acids is 1. The molecule has 0 saturated carbocycles. The topological polar surface area (TPSA) is 75.1 Å². The van der Waals surface area contributed by atoms with Crippen LogP contribution >= 0.6 is 0 Å². The number of anilines is 2. The molecule has 0 aliphatic carbocycles. The fraction of sp³-hybridized carbons (Fsp3) is 0. The van der Waals surface area contributed by atoms with Gasteiger partial charge in [-0.1, -0.05) is 30.3 Å². The van der Waals surface area contributed by atoms with Crippen LogP contribution in [-0.2, 0) is 4.79 Å². The second-order valence-electron chi connectivity index (χ2n) is 4.67. The summed E-state index contributed by atoms with van der Waals surface area (Å²) >= 11 is 0. The maximum Gasteiger partial charge on any atom is 0.328 e. The summed E-state index contributed by atoms with van der Waals surface area (Å²) in [7, 11) is 0. The van der Waals surface area contributed by atoms with E-state index < -0.39 is 5.97 Å². The van der Waals surface area contributed by atoms with E-state index >= 15 is 0 Å². The molecule has 0 spiro atoms. The second kappa shape index (κ2) is 6.05. The highest BCUT2D eigenvalue weighted by atomic mass is 16.4. The summed E-state index contributed by atoms with van der Waals surface area (Å²) in [5, 5.41) is 12.8. The van der Waals surface area contributed by atoms with E-state index in [2.05, 4.69) is 15.3 Å². The molecule has 0 saturated heterocycles. The molecule has 0 aliphatic rings. The molecule has 3 rings (SSSR count). The first-order chi connectivity index (χ1) is 10.7. The zero-order valence-electron chi connectivity index (χ0n) is 11.6. The highest BCUT2D eigenvalue weighted by Gasteiger charge is 2.01. The molecule has 22 heavy (non-hydrogen) atoms. The van der Waals surface area contributed by atoms with E-state index in [1.165, 1.54) is 6.08 Å². The van der Waals surface area contributed by atoms with Gasteiger partial charge in [0, 0.05) is 23.3 Å². The van der Waals surface area contributed by atoms with Crippen molar-refractivity contribution in [2.75, 3.05) is 5.32 Å². The third-order valence-corrected chi connectivity index (χ3v) is 3.05. The lowest BCUT2D eigenvalue weighted by Gasteiger charge is -2.06. The molecular weight excluding hydrogens is 278 g/mol. The first-order valence-electron chi connectivity index (χ1n) is 6.70. The van der Waals surface area contributed by atoms with Gasteiger partial charge in [0.1, 0.15) is 0 Å². The van der Waals surface area contributed by atoms with Gasteiger partial charge < -0.3 is 10.4 Å². The second-order valence-corrected chi connectivity index (χ2v) is 4.67. The van der Waals surface area contributed by atoms with E-state index in [1.807, 2.05) is 48.5 Å². The molecule has 3 aromatic rings. The van der Waals surface area contributed by atoms with Gasteiger partial charge in [-0.15, -0.1) is 0 Å². The fourth-order valence-corrected chi connectivity index (χ4v) is 2.05. The summed E-state index contributed by atoms with van der Waals surface area (Å²) in [4.78, 5) is 19.3. The summed E-state index contributed by atoms with van der Waals surface area (Å²) in [5.74, 6) is -0.478. The van der Waals surface area contributed by atoms with Crippen LogP contribution in [0.25, 0.3) is 17.0 Å². The van der Waals surface area contributed by atoms with E-state index in [-0.39, 0.29) is 0 Å². The van der Waals surface area contributed by atoms with Crippen LogP contribution in [0.4, 0.5) is 11.6 Å². The van der Waals surface area contributed by atoms with Crippen molar-refractivity contribution in [1.82, 2.24) is 9.97 Å². The zero-order chi connectivity index (χ0) is 15.4. The van der Waals surface area contributed by atoms with Crippen molar-refractivity contribution in [2.45, 2.75) is 0 Å². The molecule has 0 aliphatic heterocycles. The number of carboxylic acids is 1. The molecule has 108 valence electrons. The third-order valence-electron chi connectivity index (χ3n) is 3.05. The number of hydrogen-bond donors (Lipinski definition) is 2. The number of aromatic nitrogens is 2. The standard InChI is InChI=1S/C17H13N3O2/c21-16(22)9-8-12-4-3-6-14(10-12)19-17-18-11-13-5-1-2-7-15(13)20-17/h1-11H,(H,21,22)(H,18,19,20)/b9-8+. The lowest BCUT2D eigenvalue weighted by Crippen LogP contribution is -1.97. The summed E-state index contributed by atoms with van der Waals surface area (Å²) in [5.41, 5.74) is 2.44. The summed E-state index contributed by atoms with van der Waals surface area (Å²) in [6.07, 6.45) is 4.40. The number of carboxylic acid groups (broad SMARTS) is 1. The summed E-state index contributed by atoms with van der Waals surface area (Å²) < 4.78 is 0. The molecule has 0 atom stereocenters. The number of rotatable bonds is 4. The van der Waals surface area contributed by atoms with Gasteiger partial charge in [-0.25, -0.2) is 14.8 Å². The van der Waals surface area contributed by atoms with Crippen LogP contribution in [0.2, 0.25) is 0 Å². The van der Waals surface area contributed by atoms with Crippen LogP contribution in [0.5, 0.6) is 0 Å². The molecule has 0 bridgehead atoms. The minimum atomic E-state index is -0.976. The predicted octanol–water partition coefficient (Wildman–Crippen LogP) is 3.47. The molecule has 2 N–H and O–H groups in total. The van der Waals surface area contributed by atoms with Gasteiger partial charge in [-0.05, 0) is 29.8 Å². The van der Waals surface area contributed by atoms with Crippen molar-refractivity contribution in [3.05, 3.63) is 66.4 Å². The monoisotopic (exact) mass is 291 g/mol.